The Morgan fingerprint density at radius 1 is 0.702 bits per heavy atom. The number of hydrogen-bond acceptors (Lipinski definition) is 11. The number of piperidine rings is 5. The largest absolute Gasteiger partial charge is 0.360 e. The van der Waals surface area contributed by atoms with Gasteiger partial charge in [0.2, 0.25) is 11.8 Å². The van der Waals surface area contributed by atoms with Gasteiger partial charge in [-0.15, -0.1) is 0 Å². The molecule has 6 N–H and O–H groups in total. The van der Waals surface area contributed by atoms with Crippen LogP contribution in [0.5, 0.6) is 0 Å². The number of carbonyl (C=O) groups is 2. The molecule has 9 fully saturated rings. The van der Waals surface area contributed by atoms with Crippen molar-refractivity contribution in [1.29, 1.82) is 0 Å². The van der Waals surface area contributed by atoms with Gasteiger partial charge < -0.3 is 19.9 Å². The maximum atomic E-state index is 12.3. The molecular weight excluding hydrogens is 715 g/mol. The SMILES string of the molecule is CC1C2NCCOC2NCC1N1CCC2CNC(NC3CCC(N4CCC(CCC5CCN(C6CCC(CC7CCC(=O)NC7=O)CC6)CC5)CC4)CC3)NC2C1. The molecule has 2 saturated carbocycles. The molecule has 0 aromatic heterocycles. The first kappa shape index (κ1) is 41.1. The molecule has 0 aromatic carbocycles. The van der Waals surface area contributed by atoms with Gasteiger partial charge in [-0.25, -0.2) is 0 Å². The van der Waals surface area contributed by atoms with Crippen LogP contribution in [0, 0.1) is 35.5 Å². The number of carbonyl (C=O) groups excluding carboxylic acids is 2. The van der Waals surface area contributed by atoms with Crippen LogP contribution in [0.3, 0.4) is 0 Å². The summed E-state index contributed by atoms with van der Waals surface area (Å²) >= 11 is 0. The Morgan fingerprint density at radius 2 is 1.37 bits per heavy atom. The van der Waals surface area contributed by atoms with E-state index in [1.807, 2.05) is 0 Å². The Morgan fingerprint density at radius 3 is 2.05 bits per heavy atom. The van der Waals surface area contributed by atoms with Gasteiger partial charge in [0.1, 0.15) is 12.5 Å². The molecule has 0 spiro atoms. The summed E-state index contributed by atoms with van der Waals surface area (Å²) < 4.78 is 6.03. The van der Waals surface area contributed by atoms with E-state index in [1.54, 1.807) is 0 Å². The van der Waals surface area contributed by atoms with Gasteiger partial charge in [-0.2, -0.15) is 0 Å². The molecule has 7 heterocycles. The number of nitrogens with zero attached hydrogens (tertiary/aromatic N) is 3. The molecule has 9 rings (SSSR count). The van der Waals surface area contributed by atoms with Gasteiger partial charge in [0, 0.05) is 68.7 Å². The maximum absolute atomic E-state index is 12.3. The molecule has 57 heavy (non-hydrogen) atoms. The van der Waals surface area contributed by atoms with Crippen molar-refractivity contribution in [2.24, 2.45) is 35.5 Å². The Bertz CT molecular complexity index is 1310. The molecule has 322 valence electrons. The van der Waals surface area contributed by atoms with Crippen LogP contribution in [0.4, 0.5) is 0 Å². The summed E-state index contributed by atoms with van der Waals surface area (Å²) in [5.74, 6) is 3.79. The molecule has 0 aromatic rings. The monoisotopic (exact) mass is 794 g/mol. The van der Waals surface area contributed by atoms with E-state index in [2.05, 4.69) is 53.5 Å². The van der Waals surface area contributed by atoms with Crippen LogP contribution in [0.2, 0.25) is 0 Å². The quantitative estimate of drug-likeness (QED) is 0.183. The Balaban J connectivity index is 0.626. The van der Waals surface area contributed by atoms with E-state index in [0.717, 1.165) is 75.5 Å². The maximum Gasteiger partial charge on any atom is 0.229 e. The summed E-state index contributed by atoms with van der Waals surface area (Å²) in [5.41, 5.74) is 0. The van der Waals surface area contributed by atoms with Crippen LogP contribution in [0.25, 0.3) is 0 Å². The topological polar surface area (TPSA) is 125 Å². The average Bonchev–Trinajstić information content (AvgIpc) is 3.25. The predicted octanol–water partition coefficient (Wildman–Crippen LogP) is 3.18. The number of morpholine rings is 1. The molecule has 0 bridgehead atoms. The molecule has 9 aliphatic rings. The molecule has 0 radical (unpaired) electrons. The van der Waals surface area contributed by atoms with Crippen molar-refractivity contribution < 1.29 is 14.3 Å². The van der Waals surface area contributed by atoms with E-state index >= 15 is 0 Å². The first-order valence-electron chi connectivity index (χ1n) is 24.3. The smallest absolute Gasteiger partial charge is 0.229 e. The molecule has 8 unspecified atom stereocenters. The number of rotatable bonds is 10. The molecule has 7 aliphatic heterocycles. The van der Waals surface area contributed by atoms with E-state index in [4.69, 9.17) is 4.74 Å². The lowest BCUT2D eigenvalue weighted by Crippen LogP contribution is -2.72. The second-order valence-electron chi connectivity index (χ2n) is 20.5. The summed E-state index contributed by atoms with van der Waals surface area (Å²) in [5, 5.41) is 21.9. The van der Waals surface area contributed by atoms with Gasteiger partial charge in [-0.3, -0.25) is 41.1 Å². The van der Waals surface area contributed by atoms with Gasteiger partial charge in [0.05, 0.1) is 12.6 Å². The highest BCUT2D eigenvalue weighted by Crippen LogP contribution is 2.37. The van der Waals surface area contributed by atoms with E-state index in [0.29, 0.717) is 42.4 Å². The second kappa shape index (κ2) is 19.2. The number of ether oxygens (including phenoxy) is 1. The minimum absolute atomic E-state index is 0.0177. The number of amides is 2. The van der Waals surface area contributed by atoms with Crippen LogP contribution >= 0.6 is 0 Å². The number of hydrogen-bond donors (Lipinski definition) is 6. The fraction of sp³-hybridized carbons (Fsp3) is 0.956. The summed E-state index contributed by atoms with van der Waals surface area (Å²) in [6.07, 6.45) is 22.8. The predicted molar refractivity (Wildman–Crippen MR) is 224 cm³/mol. The van der Waals surface area contributed by atoms with Crippen LogP contribution in [-0.2, 0) is 14.3 Å². The normalized spacial score (nSPS) is 42.6. The third kappa shape index (κ3) is 10.1. The lowest BCUT2D eigenvalue weighted by Gasteiger charge is -2.52. The summed E-state index contributed by atoms with van der Waals surface area (Å²) in [6, 6.07) is 3.69. The number of nitrogens with one attached hydrogen (secondary N) is 6. The van der Waals surface area contributed by atoms with Crippen molar-refractivity contribution in [3.8, 4) is 0 Å². The zero-order valence-corrected chi connectivity index (χ0v) is 35.4. The standard InChI is InChI=1S/C45H79N9O3/c1-30-40(28-47-44-42(30)46-19-25-57-44)54-24-18-35-27-48-45(50-39(35)29-54)49-36-7-11-38(12-8-36)53-22-16-32(17-23-53)3-2-31-14-20-52(21-15-31)37-9-4-33(5-10-37)26-34-6-13-41(55)51-43(34)56/h30-40,42,44-50H,2-29H2,1H3,(H,51,55,56). The Hall–Kier alpha value is -1.22. The Kier molecular flexibility index (Phi) is 13.9. The van der Waals surface area contributed by atoms with E-state index in [9.17, 15) is 9.59 Å². The second-order valence-corrected chi connectivity index (χ2v) is 20.5. The van der Waals surface area contributed by atoms with Gasteiger partial charge in [0.15, 0.2) is 0 Å². The Labute approximate surface area is 344 Å². The first-order valence-corrected chi connectivity index (χ1v) is 24.3. The minimum Gasteiger partial charge on any atom is -0.360 e. The molecule has 2 aliphatic carbocycles. The summed E-state index contributed by atoms with van der Waals surface area (Å²) in [7, 11) is 0. The first-order chi connectivity index (χ1) is 27.9. The van der Waals surface area contributed by atoms with Gasteiger partial charge in [-0.1, -0.05) is 19.8 Å². The van der Waals surface area contributed by atoms with Crippen molar-refractivity contribution in [1.82, 2.24) is 46.6 Å². The molecule has 8 atom stereocenters. The lowest BCUT2D eigenvalue weighted by molar-refractivity contribution is -0.136. The molecule has 2 amide bonds. The van der Waals surface area contributed by atoms with Crippen molar-refractivity contribution in [2.45, 2.75) is 171 Å². The van der Waals surface area contributed by atoms with E-state index < -0.39 is 0 Å². The number of fused-ring (bicyclic) bond motifs is 2. The van der Waals surface area contributed by atoms with Crippen molar-refractivity contribution in [3.05, 3.63) is 0 Å². The highest BCUT2D eigenvalue weighted by molar-refractivity contribution is 5.98. The molecule has 12 nitrogen and oxygen atoms in total. The van der Waals surface area contributed by atoms with Gasteiger partial charge >= 0.3 is 0 Å². The molecular formula is C45H79N9O3. The van der Waals surface area contributed by atoms with Crippen LogP contribution < -0.4 is 31.9 Å². The van der Waals surface area contributed by atoms with E-state index in [1.165, 1.54) is 129 Å². The number of likely N-dealkylation sites (tertiary alicyclic amines) is 3. The zero-order chi connectivity index (χ0) is 38.7. The van der Waals surface area contributed by atoms with Crippen molar-refractivity contribution in [2.75, 3.05) is 65.5 Å². The molecule has 12 heteroatoms. The highest BCUT2D eigenvalue weighted by Gasteiger charge is 2.44. The molecule has 7 saturated heterocycles. The number of imide groups is 1. The summed E-state index contributed by atoms with van der Waals surface area (Å²) in [6.45, 7) is 14.0. The fourth-order valence-corrected chi connectivity index (χ4v) is 13.4. The third-order valence-corrected chi connectivity index (χ3v) is 17.2. The zero-order valence-electron chi connectivity index (χ0n) is 35.4. The van der Waals surface area contributed by atoms with Crippen molar-refractivity contribution in [3.63, 3.8) is 0 Å². The van der Waals surface area contributed by atoms with Gasteiger partial charge in [0.25, 0.3) is 0 Å². The van der Waals surface area contributed by atoms with Gasteiger partial charge in [-0.05, 0) is 159 Å². The lowest BCUT2D eigenvalue weighted by atomic mass is 9.77. The summed E-state index contributed by atoms with van der Waals surface area (Å²) in [4.78, 5) is 32.3. The average molecular weight is 794 g/mol. The minimum atomic E-state index is -0.0883. The highest BCUT2D eigenvalue weighted by atomic mass is 16.5. The third-order valence-electron chi connectivity index (χ3n) is 17.2. The van der Waals surface area contributed by atoms with Crippen LogP contribution in [0.15, 0.2) is 0 Å². The fourth-order valence-electron chi connectivity index (χ4n) is 13.4. The van der Waals surface area contributed by atoms with Crippen LogP contribution in [0.1, 0.15) is 122 Å². The van der Waals surface area contributed by atoms with Crippen LogP contribution in [-0.4, -0.2) is 141 Å². The van der Waals surface area contributed by atoms with Crippen molar-refractivity contribution >= 4 is 11.8 Å². The van der Waals surface area contributed by atoms with E-state index in [-0.39, 0.29) is 30.2 Å².